The number of nitrogens with zero attached hydrogens (tertiary/aromatic N) is 1. The van der Waals surface area contributed by atoms with Crippen molar-refractivity contribution in [3.05, 3.63) is 57.6 Å². The first kappa shape index (κ1) is 15.3. The van der Waals surface area contributed by atoms with Crippen LogP contribution in [0, 0.1) is 11.6 Å². The third kappa shape index (κ3) is 2.96. The minimum absolute atomic E-state index is 0.108. The highest BCUT2D eigenvalue weighted by Gasteiger charge is 2.36. The second-order valence-corrected chi connectivity index (χ2v) is 5.49. The highest BCUT2D eigenvalue weighted by molar-refractivity contribution is 5.66. The van der Waals surface area contributed by atoms with Crippen LogP contribution in [0.2, 0.25) is 0 Å². The van der Waals surface area contributed by atoms with Crippen LogP contribution in [0.15, 0.2) is 33.6 Å². The van der Waals surface area contributed by atoms with Crippen molar-refractivity contribution in [1.82, 2.24) is 10.1 Å². The highest BCUT2D eigenvalue weighted by atomic mass is 19.1. The summed E-state index contributed by atoms with van der Waals surface area (Å²) < 4.78 is 32.2. The van der Waals surface area contributed by atoms with E-state index in [9.17, 15) is 23.5 Å². The third-order valence-corrected chi connectivity index (χ3v) is 4.11. The fraction of sp³-hybridized carbons (Fsp3) is 0.333. The van der Waals surface area contributed by atoms with Crippen LogP contribution in [0.1, 0.15) is 36.1 Å². The number of hydrogen-bond donors (Lipinski definition) is 2. The average molecular weight is 324 g/mol. The van der Waals surface area contributed by atoms with E-state index < -0.39 is 23.8 Å². The van der Waals surface area contributed by atoms with Gasteiger partial charge in [-0.2, -0.15) is 5.16 Å². The molecule has 2 aromatic rings. The Bertz CT molecular complexity index is 786. The molecule has 0 aliphatic carbocycles. The van der Waals surface area contributed by atoms with Gasteiger partial charge in [0.2, 0.25) is 0 Å². The van der Waals surface area contributed by atoms with Crippen molar-refractivity contribution in [2.75, 3.05) is 6.54 Å². The Labute approximate surface area is 129 Å². The largest absolute Gasteiger partial charge is 0.465 e. The van der Waals surface area contributed by atoms with Crippen LogP contribution >= 0.6 is 0 Å². The van der Waals surface area contributed by atoms with Crippen molar-refractivity contribution < 1.29 is 23.2 Å². The lowest BCUT2D eigenvalue weighted by Gasteiger charge is -2.37. The number of hydrogen-bond acceptors (Lipinski definition) is 3. The predicted molar refractivity (Wildman–Crippen MR) is 75.1 cm³/mol. The number of rotatable bonds is 2. The Balaban J connectivity index is 1.94. The molecule has 0 saturated carbocycles. The molecule has 0 radical (unpaired) electrons. The minimum Gasteiger partial charge on any atom is -0.465 e. The van der Waals surface area contributed by atoms with Gasteiger partial charge in [-0.05, 0) is 18.9 Å². The topological polar surface area (TPSA) is 86.5 Å². The molecule has 0 bridgehead atoms. The molecule has 23 heavy (non-hydrogen) atoms. The zero-order chi connectivity index (χ0) is 16.6. The van der Waals surface area contributed by atoms with Gasteiger partial charge in [-0.1, -0.05) is 6.07 Å². The van der Waals surface area contributed by atoms with Gasteiger partial charge in [0.25, 0.3) is 5.56 Å². The molecule has 6 nitrogen and oxygen atoms in total. The molecule has 0 spiro atoms. The molecule has 122 valence electrons. The van der Waals surface area contributed by atoms with Gasteiger partial charge in [-0.3, -0.25) is 4.79 Å². The van der Waals surface area contributed by atoms with E-state index >= 15 is 0 Å². The van der Waals surface area contributed by atoms with Crippen molar-refractivity contribution in [1.29, 1.82) is 0 Å². The van der Waals surface area contributed by atoms with Crippen LogP contribution in [-0.2, 0) is 0 Å². The molecule has 3 rings (SSSR count). The molecule has 1 aromatic carbocycles. The van der Waals surface area contributed by atoms with E-state index in [-0.39, 0.29) is 30.0 Å². The van der Waals surface area contributed by atoms with Gasteiger partial charge in [-0.15, -0.1) is 0 Å². The minimum atomic E-state index is -1.17. The average Bonchev–Trinajstić information content (AvgIpc) is 2.93. The maximum atomic E-state index is 14.1. The standard InChI is InChI=1S/C15H14F2N2O4/c16-9-1-2-10(11(17)6-9)12-5-8(3-4-19(12)15(21)22)13-7-14(20)18-23-13/h1-2,6-8,12H,3-5H2,(H,18,20)(H,21,22). The quantitative estimate of drug-likeness (QED) is 0.889. The predicted octanol–water partition coefficient (Wildman–Crippen LogP) is 2.84. The normalized spacial score (nSPS) is 21.4. The van der Waals surface area contributed by atoms with Gasteiger partial charge < -0.3 is 14.5 Å². The maximum absolute atomic E-state index is 14.1. The molecule has 1 saturated heterocycles. The molecule has 1 aromatic heterocycles. The molecule has 8 heteroatoms. The van der Waals surface area contributed by atoms with E-state index in [1.165, 1.54) is 12.1 Å². The Kier molecular flexibility index (Phi) is 3.89. The van der Waals surface area contributed by atoms with E-state index in [0.29, 0.717) is 12.2 Å². The van der Waals surface area contributed by atoms with Crippen LogP contribution in [0.25, 0.3) is 0 Å². The number of carbonyl (C=O) groups is 1. The molecule has 2 N–H and O–H groups in total. The number of H-pyrrole nitrogens is 1. The van der Waals surface area contributed by atoms with Crippen molar-refractivity contribution in [2.24, 2.45) is 0 Å². The summed E-state index contributed by atoms with van der Waals surface area (Å²) in [5, 5.41) is 11.5. The van der Waals surface area contributed by atoms with E-state index in [2.05, 4.69) is 5.16 Å². The van der Waals surface area contributed by atoms with Crippen molar-refractivity contribution in [2.45, 2.75) is 24.8 Å². The van der Waals surface area contributed by atoms with Crippen LogP contribution in [0.5, 0.6) is 0 Å². The van der Waals surface area contributed by atoms with Crippen molar-refractivity contribution in [3.63, 3.8) is 0 Å². The summed E-state index contributed by atoms with van der Waals surface area (Å²) in [7, 11) is 0. The lowest BCUT2D eigenvalue weighted by molar-refractivity contribution is 0.0955. The lowest BCUT2D eigenvalue weighted by atomic mass is 9.85. The van der Waals surface area contributed by atoms with E-state index in [1.807, 2.05) is 0 Å². The molecule has 2 heterocycles. The Hall–Kier alpha value is -2.64. The van der Waals surface area contributed by atoms with Gasteiger partial charge in [-0.25, -0.2) is 13.6 Å². The zero-order valence-corrected chi connectivity index (χ0v) is 12.0. The number of carboxylic acid groups (broad SMARTS) is 1. The number of benzene rings is 1. The summed E-state index contributed by atoms with van der Waals surface area (Å²) in [6, 6.07) is 3.61. The van der Waals surface area contributed by atoms with Gasteiger partial charge in [0.05, 0.1) is 6.04 Å². The third-order valence-electron chi connectivity index (χ3n) is 4.11. The summed E-state index contributed by atoms with van der Waals surface area (Å²) in [5.74, 6) is -1.33. The monoisotopic (exact) mass is 324 g/mol. The Morgan fingerprint density at radius 2 is 2.13 bits per heavy atom. The fourth-order valence-electron chi connectivity index (χ4n) is 3.02. The number of nitrogens with one attached hydrogen (secondary N) is 1. The van der Waals surface area contributed by atoms with E-state index in [0.717, 1.165) is 17.0 Å². The second kappa shape index (κ2) is 5.86. The van der Waals surface area contributed by atoms with Crippen molar-refractivity contribution in [3.8, 4) is 0 Å². The van der Waals surface area contributed by atoms with Crippen LogP contribution in [-0.4, -0.2) is 27.8 Å². The van der Waals surface area contributed by atoms with E-state index in [1.54, 1.807) is 0 Å². The number of likely N-dealkylation sites (tertiary alicyclic amines) is 1. The number of amides is 1. The number of aromatic nitrogens is 1. The summed E-state index contributed by atoms with van der Waals surface area (Å²) in [5.41, 5.74) is -0.276. The lowest BCUT2D eigenvalue weighted by Crippen LogP contribution is -2.40. The molecule has 1 amide bonds. The van der Waals surface area contributed by atoms with Crippen molar-refractivity contribution >= 4 is 6.09 Å². The van der Waals surface area contributed by atoms with Gasteiger partial charge >= 0.3 is 6.09 Å². The molecular formula is C15H14F2N2O4. The SMILES string of the molecule is O=C(O)N1CCC(c2cc(=O)[nH]o2)CC1c1ccc(F)cc1F. The molecule has 2 atom stereocenters. The van der Waals surface area contributed by atoms with Crippen LogP contribution in [0.3, 0.4) is 0 Å². The first-order chi connectivity index (χ1) is 11.0. The highest BCUT2D eigenvalue weighted by Crippen LogP contribution is 2.39. The first-order valence-corrected chi connectivity index (χ1v) is 7.08. The molecule has 2 unspecified atom stereocenters. The summed E-state index contributed by atoms with van der Waals surface area (Å²) in [6.07, 6.45) is -0.477. The van der Waals surface area contributed by atoms with Gasteiger partial charge in [0.15, 0.2) is 0 Å². The first-order valence-electron chi connectivity index (χ1n) is 7.08. The van der Waals surface area contributed by atoms with E-state index in [4.69, 9.17) is 4.52 Å². The molecular weight excluding hydrogens is 310 g/mol. The number of aromatic amines is 1. The number of piperidine rings is 1. The van der Waals surface area contributed by atoms with Crippen LogP contribution < -0.4 is 5.56 Å². The van der Waals surface area contributed by atoms with Gasteiger partial charge in [0.1, 0.15) is 17.4 Å². The molecule has 1 fully saturated rings. The smallest absolute Gasteiger partial charge is 0.407 e. The summed E-state index contributed by atoms with van der Waals surface area (Å²) in [6.45, 7) is 0.163. The second-order valence-electron chi connectivity index (χ2n) is 5.49. The maximum Gasteiger partial charge on any atom is 0.407 e. The Morgan fingerprint density at radius 3 is 2.74 bits per heavy atom. The number of halogens is 2. The molecule has 1 aliphatic heterocycles. The zero-order valence-electron chi connectivity index (χ0n) is 12.0. The molecule has 1 aliphatic rings. The fourth-order valence-corrected chi connectivity index (χ4v) is 3.02. The van der Waals surface area contributed by atoms with Gasteiger partial charge in [0, 0.05) is 30.2 Å². The Morgan fingerprint density at radius 1 is 1.35 bits per heavy atom. The summed E-state index contributed by atoms with van der Waals surface area (Å²) in [4.78, 5) is 23.7. The van der Waals surface area contributed by atoms with Crippen LogP contribution in [0.4, 0.5) is 13.6 Å². The summed E-state index contributed by atoms with van der Waals surface area (Å²) >= 11 is 0.